The predicted octanol–water partition coefficient (Wildman–Crippen LogP) is 1.71. The summed E-state index contributed by atoms with van der Waals surface area (Å²) in [6, 6.07) is 5.27. The molecule has 2 rings (SSSR count). The van der Waals surface area contributed by atoms with E-state index in [0.29, 0.717) is 16.3 Å². The van der Waals surface area contributed by atoms with Gasteiger partial charge in [0.25, 0.3) is 5.91 Å². The van der Waals surface area contributed by atoms with E-state index >= 15 is 0 Å². The van der Waals surface area contributed by atoms with Crippen LogP contribution in [0.4, 0.5) is 0 Å². The lowest BCUT2D eigenvalue weighted by Crippen LogP contribution is -2.30. The number of benzene rings is 1. The van der Waals surface area contributed by atoms with Crippen molar-refractivity contribution in [2.45, 2.75) is 25.3 Å². The van der Waals surface area contributed by atoms with Crippen molar-refractivity contribution in [2.24, 2.45) is 0 Å². The summed E-state index contributed by atoms with van der Waals surface area (Å²) in [5, 5.41) is 3.26. The number of carbonyl (C=O) groups is 2. The van der Waals surface area contributed by atoms with Gasteiger partial charge in [-0.15, -0.1) is 0 Å². The Morgan fingerprint density at radius 1 is 1.40 bits per heavy atom. The third-order valence-electron chi connectivity index (χ3n) is 2.88. The Bertz CT molecular complexity index is 514. The predicted molar refractivity (Wildman–Crippen MR) is 73.8 cm³/mol. The van der Waals surface area contributed by atoms with Gasteiger partial charge in [0.15, 0.2) is 6.61 Å². The van der Waals surface area contributed by atoms with Gasteiger partial charge in [-0.2, -0.15) is 0 Å². The van der Waals surface area contributed by atoms with Crippen molar-refractivity contribution in [3.8, 4) is 5.75 Å². The molecule has 1 fully saturated rings. The molecule has 1 aliphatic rings. The maximum absolute atomic E-state index is 11.7. The fraction of sp³-hybridized carbons (Fsp3) is 0.429. The van der Waals surface area contributed by atoms with Crippen LogP contribution in [0.3, 0.4) is 0 Å². The fourth-order valence-corrected chi connectivity index (χ4v) is 1.93. The van der Waals surface area contributed by atoms with Gasteiger partial charge in [0, 0.05) is 16.6 Å². The van der Waals surface area contributed by atoms with Crippen LogP contribution in [0.5, 0.6) is 5.75 Å². The van der Waals surface area contributed by atoms with Gasteiger partial charge in [0.1, 0.15) is 5.75 Å². The number of amides is 1. The Morgan fingerprint density at radius 3 is 2.80 bits per heavy atom. The lowest BCUT2D eigenvalue weighted by atomic mass is 10.1. The smallest absolute Gasteiger partial charge is 0.310 e. The van der Waals surface area contributed by atoms with E-state index in [1.54, 1.807) is 18.2 Å². The van der Waals surface area contributed by atoms with Crippen LogP contribution in [0.25, 0.3) is 0 Å². The van der Waals surface area contributed by atoms with Gasteiger partial charge in [-0.1, -0.05) is 11.6 Å². The summed E-state index contributed by atoms with van der Waals surface area (Å²) in [5.74, 6) is -0.191. The molecule has 1 aromatic carbocycles. The molecule has 1 aromatic rings. The van der Waals surface area contributed by atoms with Crippen LogP contribution in [0.15, 0.2) is 18.2 Å². The summed E-state index contributed by atoms with van der Waals surface area (Å²) < 4.78 is 10.1. The molecule has 0 saturated heterocycles. The molecule has 0 heterocycles. The number of halogens is 1. The Hall–Kier alpha value is -1.75. The summed E-state index contributed by atoms with van der Waals surface area (Å²) in [7, 11) is 1.52. The van der Waals surface area contributed by atoms with Crippen LogP contribution in [-0.4, -0.2) is 31.6 Å². The number of ether oxygens (including phenoxy) is 2. The van der Waals surface area contributed by atoms with Crippen LogP contribution < -0.4 is 10.1 Å². The number of nitrogens with one attached hydrogen (secondary N) is 1. The van der Waals surface area contributed by atoms with E-state index in [-0.39, 0.29) is 25.0 Å². The van der Waals surface area contributed by atoms with E-state index in [4.69, 9.17) is 21.1 Å². The molecule has 0 aromatic heterocycles. The first-order chi connectivity index (χ1) is 9.58. The molecule has 1 aliphatic carbocycles. The van der Waals surface area contributed by atoms with Crippen molar-refractivity contribution >= 4 is 23.5 Å². The highest BCUT2D eigenvalue weighted by molar-refractivity contribution is 6.30. The Morgan fingerprint density at radius 2 is 2.15 bits per heavy atom. The van der Waals surface area contributed by atoms with Gasteiger partial charge >= 0.3 is 5.97 Å². The second-order valence-corrected chi connectivity index (χ2v) is 5.07. The first kappa shape index (κ1) is 14.7. The van der Waals surface area contributed by atoms with E-state index in [9.17, 15) is 9.59 Å². The maximum atomic E-state index is 11.7. The molecule has 0 aliphatic heterocycles. The van der Waals surface area contributed by atoms with Gasteiger partial charge in [-0.3, -0.25) is 9.59 Å². The van der Waals surface area contributed by atoms with E-state index in [1.165, 1.54) is 7.11 Å². The first-order valence-electron chi connectivity index (χ1n) is 6.36. The van der Waals surface area contributed by atoms with Crippen LogP contribution in [0, 0.1) is 0 Å². The SMILES string of the molecule is COc1ccc(Cl)cc1CC(=O)OCC(=O)NC1CC1. The molecule has 1 amide bonds. The van der Waals surface area contributed by atoms with Crippen LogP contribution in [0.2, 0.25) is 5.02 Å². The largest absolute Gasteiger partial charge is 0.496 e. The van der Waals surface area contributed by atoms with Gasteiger partial charge in [0.05, 0.1) is 13.5 Å². The minimum absolute atomic E-state index is 0.0143. The molecule has 108 valence electrons. The van der Waals surface area contributed by atoms with Gasteiger partial charge in [-0.25, -0.2) is 0 Å². The monoisotopic (exact) mass is 297 g/mol. The molecule has 0 spiro atoms. The van der Waals surface area contributed by atoms with Gasteiger partial charge in [0.2, 0.25) is 0 Å². The zero-order valence-electron chi connectivity index (χ0n) is 11.1. The van der Waals surface area contributed by atoms with Gasteiger partial charge < -0.3 is 14.8 Å². The van der Waals surface area contributed by atoms with Crippen molar-refractivity contribution in [3.05, 3.63) is 28.8 Å². The minimum Gasteiger partial charge on any atom is -0.496 e. The average Bonchev–Trinajstić information content (AvgIpc) is 3.21. The number of hydrogen-bond acceptors (Lipinski definition) is 4. The Balaban J connectivity index is 1.84. The van der Waals surface area contributed by atoms with Crippen molar-refractivity contribution < 1.29 is 19.1 Å². The first-order valence-corrected chi connectivity index (χ1v) is 6.73. The highest BCUT2D eigenvalue weighted by Gasteiger charge is 2.23. The lowest BCUT2D eigenvalue weighted by Gasteiger charge is -2.09. The molecule has 5 nitrogen and oxygen atoms in total. The van der Waals surface area contributed by atoms with Crippen molar-refractivity contribution in [2.75, 3.05) is 13.7 Å². The highest BCUT2D eigenvalue weighted by Crippen LogP contribution is 2.23. The fourth-order valence-electron chi connectivity index (χ4n) is 1.73. The summed E-state index contributed by atoms with van der Waals surface area (Å²) in [5.41, 5.74) is 0.632. The van der Waals surface area contributed by atoms with Crippen molar-refractivity contribution in [1.29, 1.82) is 0 Å². The number of methoxy groups -OCH3 is 1. The topological polar surface area (TPSA) is 64.6 Å². The molecule has 1 N–H and O–H groups in total. The quantitative estimate of drug-likeness (QED) is 0.812. The summed E-state index contributed by atoms with van der Waals surface area (Å²) >= 11 is 5.88. The molecule has 0 bridgehead atoms. The third-order valence-corrected chi connectivity index (χ3v) is 3.12. The Labute approximate surface area is 122 Å². The Kier molecular flexibility index (Phi) is 4.84. The zero-order chi connectivity index (χ0) is 14.5. The molecule has 6 heteroatoms. The van der Waals surface area contributed by atoms with E-state index < -0.39 is 5.97 Å². The zero-order valence-corrected chi connectivity index (χ0v) is 11.9. The number of hydrogen-bond donors (Lipinski definition) is 1. The van der Waals surface area contributed by atoms with E-state index in [2.05, 4.69) is 5.32 Å². The number of carbonyl (C=O) groups excluding carboxylic acids is 2. The molecule has 20 heavy (non-hydrogen) atoms. The van der Waals surface area contributed by atoms with Crippen LogP contribution in [0.1, 0.15) is 18.4 Å². The van der Waals surface area contributed by atoms with Crippen LogP contribution >= 0.6 is 11.6 Å². The molecular weight excluding hydrogens is 282 g/mol. The molecule has 0 atom stereocenters. The summed E-state index contributed by atoms with van der Waals surface area (Å²) in [4.78, 5) is 23.1. The van der Waals surface area contributed by atoms with E-state index in [1.807, 2.05) is 0 Å². The van der Waals surface area contributed by atoms with Crippen molar-refractivity contribution in [3.63, 3.8) is 0 Å². The summed E-state index contributed by atoms with van der Waals surface area (Å²) in [6.07, 6.45) is 2.01. The maximum Gasteiger partial charge on any atom is 0.310 e. The second kappa shape index (κ2) is 6.61. The minimum atomic E-state index is -0.489. The average molecular weight is 298 g/mol. The normalized spacial score (nSPS) is 13.7. The standard InChI is InChI=1S/C14H16ClNO4/c1-19-12-5-2-10(15)6-9(12)7-14(18)20-8-13(17)16-11-3-4-11/h2,5-6,11H,3-4,7-8H2,1H3,(H,16,17). The van der Waals surface area contributed by atoms with Crippen LogP contribution in [-0.2, 0) is 20.7 Å². The molecular formula is C14H16ClNO4. The highest BCUT2D eigenvalue weighted by atomic mass is 35.5. The third kappa shape index (κ3) is 4.42. The number of esters is 1. The van der Waals surface area contributed by atoms with Crippen molar-refractivity contribution in [1.82, 2.24) is 5.32 Å². The lowest BCUT2D eigenvalue weighted by molar-refractivity contribution is -0.147. The van der Waals surface area contributed by atoms with E-state index in [0.717, 1.165) is 12.8 Å². The van der Waals surface area contributed by atoms with Gasteiger partial charge in [-0.05, 0) is 31.0 Å². The molecule has 0 unspecified atom stereocenters. The second-order valence-electron chi connectivity index (χ2n) is 4.64. The number of rotatable bonds is 6. The summed E-state index contributed by atoms with van der Waals surface area (Å²) in [6.45, 7) is -0.252. The molecule has 1 saturated carbocycles. The molecule has 0 radical (unpaired) electrons.